The Kier molecular flexibility index (Phi) is 5.59. The zero-order chi connectivity index (χ0) is 19.3. The van der Waals surface area contributed by atoms with Crippen LogP contribution in [0.5, 0.6) is 5.75 Å². The summed E-state index contributed by atoms with van der Waals surface area (Å²) in [7, 11) is 0. The third-order valence-corrected chi connectivity index (χ3v) is 4.76. The van der Waals surface area contributed by atoms with Crippen molar-refractivity contribution in [1.82, 2.24) is 15.2 Å². The van der Waals surface area contributed by atoms with E-state index in [-0.39, 0.29) is 12.6 Å². The highest BCUT2D eigenvalue weighted by Crippen LogP contribution is 2.30. The Morgan fingerprint density at radius 3 is 2.67 bits per heavy atom. The Morgan fingerprint density at radius 1 is 1.26 bits per heavy atom. The molecule has 2 aromatic rings. The molecule has 2 heterocycles. The Bertz CT molecular complexity index is 795. The average molecular weight is 369 g/mol. The molecule has 1 aliphatic rings. The van der Waals surface area contributed by atoms with E-state index < -0.39 is 11.4 Å². The van der Waals surface area contributed by atoms with Gasteiger partial charge in [0.25, 0.3) is 0 Å². The van der Waals surface area contributed by atoms with E-state index in [1.54, 1.807) is 18.0 Å². The van der Waals surface area contributed by atoms with Crippen LogP contribution in [0.15, 0.2) is 48.7 Å². The highest BCUT2D eigenvalue weighted by molar-refractivity contribution is 5.79. The summed E-state index contributed by atoms with van der Waals surface area (Å²) >= 11 is 0. The van der Waals surface area contributed by atoms with Crippen molar-refractivity contribution in [2.45, 2.75) is 26.5 Å². The molecule has 142 valence electrons. The van der Waals surface area contributed by atoms with Gasteiger partial charge in [0, 0.05) is 25.8 Å². The van der Waals surface area contributed by atoms with Gasteiger partial charge in [-0.1, -0.05) is 18.2 Å². The molecule has 0 aliphatic carbocycles. The number of carboxylic acid groups (broad SMARTS) is 1. The molecule has 1 aromatic heterocycles. The summed E-state index contributed by atoms with van der Waals surface area (Å²) in [6, 6.07) is 12.9. The zero-order valence-corrected chi connectivity index (χ0v) is 15.2. The fourth-order valence-corrected chi connectivity index (χ4v) is 2.94. The van der Waals surface area contributed by atoms with Crippen LogP contribution in [0.1, 0.15) is 24.6 Å². The lowest BCUT2D eigenvalue weighted by Gasteiger charge is -2.20. The van der Waals surface area contributed by atoms with Crippen LogP contribution in [0.3, 0.4) is 0 Å². The second-order valence-electron chi connectivity index (χ2n) is 6.95. The van der Waals surface area contributed by atoms with Crippen LogP contribution in [0.2, 0.25) is 0 Å². The van der Waals surface area contributed by atoms with Gasteiger partial charge in [0.1, 0.15) is 12.4 Å². The molecule has 1 saturated heterocycles. The number of carboxylic acids is 1. The maximum Gasteiger partial charge on any atom is 0.317 e. The summed E-state index contributed by atoms with van der Waals surface area (Å²) < 4.78 is 5.69. The fourth-order valence-electron chi connectivity index (χ4n) is 2.94. The fraction of sp³-hybridized carbons (Fsp3) is 0.350. The number of carbonyl (C=O) groups excluding carboxylic acids is 1. The predicted molar refractivity (Wildman–Crippen MR) is 99.2 cm³/mol. The van der Waals surface area contributed by atoms with Crippen molar-refractivity contribution >= 4 is 12.0 Å². The monoisotopic (exact) mass is 369 g/mol. The van der Waals surface area contributed by atoms with Crippen LogP contribution in [-0.4, -0.2) is 40.1 Å². The van der Waals surface area contributed by atoms with Gasteiger partial charge in [-0.25, -0.2) is 4.79 Å². The number of aliphatic carboxylic acids is 1. The molecule has 1 unspecified atom stereocenters. The first-order valence-electron chi connectivity index (χ1n) is 8.84. The average Bonchev–Trinajstić information content (AvgIpc) is 3.10. The number of hydrogen-bond acceptors (Lipinski definition) is 4. The number of pyridine rings is 1. The smallest absolute Gasteiger partial charge is 0.317 e. The van der Waals surface area contributed by atoms with Gasteiger partial charge < -0.3 is 20.1 Å². The molecule has 1 atom stereocenters. The third kappa shape index (κ3) is 4.75. The predicted octanol–water partition coefficient (Wildman–Crippen LogP) is 2.67. The molecule has 1 fully saturated rings. The number of hydrogen-bond donors (Lipinski definition) is 2. The van der Waals surface area contributed by atoms with Crippen LogP contribution in [-0.2, 0) is 17.9 Å². The third-order valence-electron chi connectivity index (χ3n) is 4.76. The lowest BCUT2D eigenvalue weighted by molar-refractivity contribution is -0.147. The van der Waals surface area contributed by atoms with Crippen molar-refractivity contribution in [2.24, 2.45) is 5.41 Å². The summed E-state index contributed by atoms with van der Waals surface area (Å²) in [5, 5.41) is 12.1. The standard InChI is InChI=1S/C20H23N3O4/c1-20(18(24)25)9-11-23(14-20)19(26)22-12-15-5-7-17(8-6-15)27-13-16-4-2-3-10-21-16/h2-8,10H,9,11-14H2,1H3,(H,22,26)(H,24,25). The van der Waals surface area contributed by atoms with Crippen molar-refractivity contribution < 1.29 is 19.4 Å². The normalized spacial score (nSPS) is 18.9. The van der Waals surface area contributed by atoms with Crippen molar-refractivity contribution in [2.75, 3.05) is 13.1 Å². The molecule has 3 rings (SSSR count). The summed E-state index contributed by atoms with van der Waals surface area (Å²) in [5.74, 6) is -0.133. The minimum atomic E-state index is -0.862. The van der Waals surface area contributed by atoms with Crippen LogP contribution in [0.25, 0.3) is 0 Å². The van der Waals surface area contributed by atoms with Crippen LogP contribution in [0, 0.1) is 5.41 Å². The number of nitrogens with one attached hydrogen (secondary N) is 1. The zero-order valence-electron chi connectivity index (χ0n) is 15.2. The SMILES string of the molecule is CC1(C(=O)O)CCN(C(=O)NCc2ccc(OCc3ccccn3)cc2)C1. The van der Waals surface area contributed by atoms with E-state index in [2.05, 4.69) is 10.3 Å². The van der Waals surface area contributed by atoms with Gasteiger partial charge in [-0.15, -0.1) is 0 Å². The molecule has 1 aromatic carbocycles. The second kappa shape index (κ2) is 8.07. The van der Waals surface area contributed by atoms with E-state index in [0.29, 0.717) is 26.1 Å². The second-order valence-corrected chi connectivity index (χ2v) is 6.95. The number of ether oxygens (including phenoxy) is 1. The Labute approximate surface area is 158 Å². The summed E-state index contributed by atoms with van der Waals surface area (Å²) in [5.41, 5.74) is 0.936. The maximum atomic E-state index is 12.2. The van der Waals surface area contributed by atoms with E-state index in [0.717, 1.165) is 17.0 Å². The van der Waals surface area contributed by atoms with Crippen molar-refractivity contribution in [1.29, 1.82) is 0 Å². The van der Waals surface area contributed by atoms with E-state index in [1.165, 1.54) is 0 Å². The van der Waals surface area contributed by atoms with Gasteiger partial charge in [-0.05, 0) is 43.2 Å². The number of urea groups is 1. The molecule has 0 spiro atoms. The van der Waals surface area contributed by atoms with Gasteiger partial charge in [-0.2, -0.15) is 0 Å². The van der Waals surface area contributed by atoms with Crippen LogP contribution >= 0.6 is 0 Å². The Morgan fingerprint density at radius 2 is 2.04 bits per heavy atom. The molecule has 1 aliphatic heterocycles. The first-order chi connectivity index (χ1) is 13.0. The number of rotatable bonds is 6. The highest BCUT2D eigenvalue weighted by atomic mass is 16.5. The minimum absolute atomic E-state index is 0.231. The van der Waals surface area contributed by atoms with Gasteiger partial charge in [0.15, 0.2) is 0 Å². The molecular weight excluding hydrogens is 346 g/mol. The molecule has 2 N–H and O–H groups in total. The molecule has 2 amide bonds. The molecule has 27 heavy (non-hydrogen) atoms. The highest BCUT2D eigenvalue weighted by Gasteiger charge is 2.42. The maximum absolute atomic E-state index is 12.2. The van der Waals surface area contributed by atoms with Crippen LogP contribution in [0.4, 0.5) is 4.79 Å². The summed E-state index contributed by atoms with van der Waals surface area (Å²) in [6.07, 6.45) is 2.20. The molecule has 0 bridgehead atoms. The van der Waals surface area contributed by atoms with Crippen molar-refractivity contribution in [3.8, 4) is 5.75 Å². The molecule has 0 saturated carbocycles. The number of amides is 2. The van der Waals surface area contributed by atoms with E-state index in [4.69, 9.17) is 4.74 Å². The molecule has 0 radical (unpaired) electrons. The van der Waals surface area contributed by atoms with Crippen LogP contribution < -0.4 is 10.1 Å². The van der Waals surface area contributed by atoms with Gasteiger partial charge in [0.05, 0.1) is 11.1 Å². The minimum Gasteiger partial charge on any atom is -0.487 e. The quantitative estimate of drug-likeness (QED) is 0.817. The van der Waals surface area contributed by atoms with E-state index >= 15 is 0 Å². The van der Waals surface area contributed by atoms with Gasteiger partial charge >= 0.3 is 12.0 Å². The summed E-state index contributed by atoms with van der Waals surface area (Å²) in [4.78, 5) is 29.3. The number of nitrogens with zero attached hydrogens (tertiary/aromatic N) is 2. The molecular formula is C20H23N3O4. The first-order valence-corrected chi connectivity index (χ1v) is 8.84. The number of carbonyl (C=O) groups is 2. The number of benzene rings is 1. The topological polar surface area (TPSA) is 91.8 Å². The Balaban J connectivity index is 1.46. The van der Waals surface area contributed by atoms with E-state index in [1.807, 2.05) is 42.5 Å². The van der Waals surface area contributed by atoms with E-state index in [9.17, 15) is 14.7 Å². The van der Waals surface area contributed by atoms with Gasteiger partial charge in [0.2, 0.25) is 0 Å². The molecule has 7 nitrogen and oxygen atoms in total. The summed E-state index contributed by atoms with van der Waals surface area (Å²) in [6.45, 7) is 3.13. The first kappa shape index (κ1) is 18.7. The lowest BCUT2D eigenvalue weighted by atomic mass is 9.90. The Hall–Kier alpha value is -3.09. The number of aromatic nitrogens is 1. The van der Waals surface area contributed by atoms with Crippen molar-refractivity contribution in [3.05, 3.63) is 59.9 Å². The molecule has 7 heteroatoms. The van der Waals surface area contributed by atoms with Gasteiger partial charge in [-0.3, -0.25) is 9.78 Å². The van der Waals surface area contributed by atoms with Crippen molar-refractivity contribution in [3.63, 3.8) is 0 Å². The largest absolute Gasteiger partial charge is 0.487 e. The number of likely N-dealkylation sites (tertiary alicyclic amines) is 1. The lowest BCUT2D eigenvalue weighted by Crippen LogP contribution is -2.40.